The van der Waals surface area contributed by atoms with Gasteiger partial charge in [-0.3, -0.25) is 24.2 Å². The third kappa shape index (κ3) is 24.7. The predicted molar refractivity (Wildman–Crippen MR) is 545 cm³/mol. The number of thiazole rings is 2. The first kappa shape index (κ1) is 93.1. The van der Waals surface area contributed by atoms with Crippen molar-refractivity contribution in [1.82, 2.24) is 105 Å². The third-order valence-corrected chi connectivity index (χ3v) is 26.1. The van der Waals surface area contributed by atoms with Crippen LogP contribution < -0.4 is 56.2 Å². The first-order chi connectivity index (χ1) is 67.1. The van der Waals surface area contributed by atoms with E-state index in [2.05, 4.69) is 210 Å². The lowest BCUT2D eigenvalue weighted by molar-refractivity contribution is -0.124. The van der Waals surface area contributed by atoms with Crippen LogP contribution in [0.3, 0.4) is 0 Å². The minimum absolute atomic E-state index is 0.0458. The third-order valence-electron chi connectivity index (χ3n) is 24.0. The second-order valence-corrected chi connectivity index (χ2v) is 36.4. The number of fused-ring (bicyclic) bond motifs is 4. The van der Waals surface area contributed by atoms with Crippen LogP contribution in [0.15, 0.2) is 229 Å². The number of amides is 1. The van der Waals surface area contributed by atoms with Gasteiger partial charge in [0.1, 0.15) is 57.3 Å². The number of ether oxygens (including phenoxy) is 5. The summed E-state index contributed by atoms with van der Waals surface area (Å²) in [5.74, 6) is 8.38. The van der Waals surface area contributed by atoms with Gasteiger partial charge in [0.2, 0.25) is 29.7 Å². The molecule has 4 fully saturated rings. The molecule has 9 aromatic heterocycles. The molecule has 0 aliphatic carbocycles. The molecule has 4 aliphatic heterocycles. The minimum Gasteiger partial charge on any atom is -0.494 e. The second kappa shape index (κ2) is 44.9. The number of halogens is 1. The quantitative estimate of drug-likeness (QED) is 0.0211. The van der Waals surface area contributed by atoms with Crippen LogP contribution in [0.25, 0.3) is 87.0 Å². The van der Waals surface area contributed by atoms with Crippen molar-refractivity contribution in [3.8, 4) is 78.7 Å². The summed E-state index contributed by atoms with van der Waals surface area (Å²) >= 11 is 6.71. The number of likely N-dealkylation sites (N-methyl/N-ethyl adjacent to an activating group) is 1. The number of rotatable bonds is 28. The van der Waals surface area contributed by atoms with Gasteiger partial charge in [-0.05, 0) is 215 Å². The molecule has 0 radical (unpaired) electrons. The normalized spacial score (nSPS) is 14.3. The molecular weight excluding hydrogens is 1830 g/mol. The van der Waals surface area contributed by atoms with E-state index in [1.54, 1.807) is 57.6 Å². The minimum atomic E-state index is 0.0458. The number of aryl methyl sites for hydroxylation is 2. The fraction of sp³-hybridized carbons (Fsp3) is 0.282. The zero-order chi connectivity index (χ0) is 93.8. The van der Waals surface area contributed by atoms with Crippen LogP contribution in [-0.4, -0.2) is 200 Å². The zero-order valence-electron chi connectivity index (χ0n) is 76.8. The van der Waals surface area contributed by atoms with Crippen LogP contribution in [0.1, 0.15) is 86.2 Å². The van der Waals surface area contributed by atoms with Crippen LogP contribution in [0.4, 0.5) is 46.5 Å². The number of methoxy groups -OCH3 is 1. The lowest BCUT2D eigenvalue weighted by Gasteiger charge is -2.26. The highest BCUT2D eigenvalue weighted by Crippen LogP contribution is 2.41. The van der Waals surface area contributed by atoms with Crippen LogP contribution in [-0.2, 0) is 36.6 Å². The maximum atomic E-state index is 11.8. The Balaban J connectivity index is 0.000000122. The lowest BCUT2D eigenvalue weighted by Crippen LogP contribution is -2.47. The topological polar surface area (TPSA) is 347 Å². The van der Waals surface area contributed by atoms with E-state index in [1.807, 2.05) is 153 Å². The summed E-state index contributed by atoms with van der Waals surface area (Å²) in [5, 5.41) is 48.3. The highest BCUT2D eigenvalue weighted by Gasteiger charge is 2.25. The number of hydrogen-bond acceptors (Lipinski definition) is 29. The Morgan fingerprint density at radius 3 is 1.72 bits per heavy atom. The standard InChI is InChI=1S/C27H29N5O2S.C26H25N7O2.C26H25N7OS.C24H27BrN6O/c1-2-19(18-6-11-33-12-7-18)14-21(3-1)31-27-30-17-20-15-23(26-29-10-13-35-26)25(16-24(20)32-27)34-22-4-8-28-9-5-22;1-4-17-7-20-12-28-26(31-25(20)23(10-17)35-3)30-22-9-18(14-33-6-5-27-24(34)16-33)8-19(11-22)21-13-29-32(2)15-21;1-3-19(4-2-17(1)13-20-5-10-30-33-20)31-26-29-16-18-14-22(25-28-11-12-35-25)24(15-23(18)32-26)34-21-6-8-27-9-7-21;1-4-31(5-2)8-9-32-22-12-17(19-15-27-30(3)16-19)11-21(13-22)28-24-26-14-18-10-20(25)6-7-23(18)29-24/h1-3,10,13-18,22,28H,4-9,11-12H2,(H,30,31,32);1,7-13,15H,5-6,14,16H2,2-3H3,(H,27,34)(H,28,30,31);1-5,10-12,14-16,21,27H,6-9,13H2,(H,30,33)(H,29,31,32);6-7,10-16H,4-5,8-9H2,1-3H3,(H,26,28,29). The smallest absolute Gasteiger partial charge is 0.234 e. The molecule has 698 valence electrons. The van der Waals surface area contributed by atoms with E-state index in [0.29, 0.717) is 72.8 Å². The SMILES string of the molecule is C#Cc1cc(OC)c2nc(Nc3cc(CN4CCNC(=O)C4)cc(-c4cnn(C)c4)c3)ncc2c1.CCN(CC)CCOc1cc(Nc2ncc3cc(Br)ccc3n2)cc(-c2cnn(C)c2)c1.c1cc(Cc2ccc(Nc3ncc4cc(-c5nccs5)c(OC5CCNCC5)cc4n3)cc2)[nH]n1.c1cc(Nc2ncc3cc(-c4nccs4)c(OC4CCNCC4)cc3n2)cc(C2CCOCC2)c1. The maximum absolute atomic E-state index is 11.8. The van der Waals surface area contributed by atoms with E-state index >= 15 is 0 Å². The second-order valence-electron chi connectivity index (χ2n) is 33.7. The average Bonchev–Trinajstić information content (AvgIpc) is 1.55. The first-order valence-electron chi connectivity index (χ1n) is 46.0. The van der Waals surface area contributed by atoms with Gasteiger partial charge in [0.15, 0.2) is 0 Å². The van der Waals surface area contributed by atoms with Gasteiger partial charge in [0, 0.05) is 216 Å². The van der Waals surface area contributed by atoms with Crippen molar-refractivity contribution in [2.24, 2.45) is 14.1 Å². The zero-order valence-corrected chi connectivity index (χ0v) is 80.0. The van der Waals surface area contributed by atoms with Crippen molar-refractivity contribution in [2.75, 3.05) is 114 Å². The molecule has 8 aromatic carbocycles. The molecule has 4 saturated heterocycles. The van der Waals surface area contributed by atoms with Crippen LogP contribution in [0, 0.1) is 12.3 Å². The monoisotopic (exact) mass is 1930 g/mol. The summed E-state index contributed by atoms with van der Waals surface area (Å²) in [6.45, 7) is 15.9. The Morgan fingerprint density at radius 2 is 1.15 bits per heavy atom. The Labute approximate surface area is 810 Å². The number of aromatic nitrogens is 16. The molecule has 1 amide bonds. The molecule has 21 rings (SSSR count). The van der Waals surface area contributed by atoms with Gasteiger partial charge in [-0.25, -0.2) is 49.8 Å². The maximum Gasteiger partial charge on any atom is 0.234 e. The Kier molecular flexibility index (Phi) is 30.5. The number of H-pyrrole nitrogens is 1. The van der Waals surface area contributed by atoms with Gasteiger partial charge in [0.05, 0.1) is 53.7 Å². The van der Waals surface area contributed by atoms with E-state index in [1.165, 1.54) is 11.1 Å². The fourth-order valence-corrected chi connectivity index (χ4v) is 18.6. The van der Waals surface area contributed by atoms with Gasteiger partial charge in [-0.15, -0.1) is 29.1 Å². The molecule has 8 N–H and O–H groups in total. The molecule has 4 aliphatic rings. The van der Waals surface area contributed by atoms with E-state index in [0.717, 1.165) is 248 Å². The van der Waals surface area contributed by atoms with Gasteiger partial charge in [0.25, 0.3) is 0 Å². The molecule has 0 spiro atoms. The fourth-order valence-electron chi connectivity index (χ4n) is 16.9. The molecule has 13 heterocycles. The summed E-state index contributed by atoms with van der Waals surface area (Å²) < 4.78 is 34.7. The lowest BCUT2D eigenvalue weighted by atomic mass is 9.91. The number of carbonyl (C=O) groups excluding carboxylic acids is 1. The van der Waals surface area contributed by atoms with Crippen LogP contribution >= 0.6 is 38.6 Å². The van der Waals surface area contributed by atoms with Crippen molar-refractivity contribution in [2.45, 2.75) is 83.5 Å². The number of hydrogen-bond donors (Lipinski definition) is 8. The van der Waals surface area contributed by atoms with Crippen molar-refractivity contribution in [1.29, 1.82) is 0 Å². The van der Waals surface area contributed by atoms with Crippen molar-refractivity contribution in [3.05, 3.63) is 257 Å². The summed E-state index contributed by atoms with van der Waals surface area (Å²) in [7, 11) is 5.39. The number of nitrogens with one attached hydrogen (secondary N) is 8. The van der Waals surface area contributed by atoms with Crippen LogP contribution in [0.5, 0.6) is 23.0 Å². The number of piperidine rings is 2. The summed E-state index contributed by atoms with van der Waals surface area (Å²) in [4.78, 5) is 62.4. The highest BCUT2D eigenvalue weighted by molar-refractivity contribution is 9.10. The van der Waals surface area contributed by atoms with Crippen LogP contribution in [0.2, 0.25) is 0 Å². The summed E-state index contributed by atoms with van der Waals surface area (Å²) in [5.41, 5.74) is 18.3. The molecule has 0 bridgehead atoms. The Bertz CT molecular complexity index is 7000. The average molecular weight is 1930 g/mol. The number of benzene rings is 8. The van der Waals surface area contributed by atoms with Crippen molar-refractivity contribution >= 4 is 135 Å². The van der Waals surface area contributed by atoms with E-state index in [4.69, 9.17) is 40.1 Å². The van der Waals surface area contributed by atoms with Gasteiger partial charge >= 0.3 is 0 Å². The summed E-state index contributed by atoms with van der Waals surface area (Å²) in [6, 6.07) is 49.0. The number of terminal acetylenes is 1. The molecule has 0 unspecified atom stereocenters. The number of aromatic amines is 1. The number of nitrogens with zero attached hydrogens (tertiary/aromatic N) is 17. The predicted octanol–water partition coefficient (Wildman–Crippen LogP) is 18.4. The first-order valence-corrected chi connectivity index (χ1v) is 48.6. The van der Waals surface area contributed by atoms with Crippen molar-refractivity contribution < 1.29 is 28.5 Å². The number of anilines is 8. The molecular formula is C103H106BrN25O6S2. The van der Waals surface area contributed by atoms with E-state index in [-0.39, 0.29) is 18.1 Å². The van der Waals surface area contributed by atoms with E-state index < -0.39 is 0 Å². The highest BCUT2D eigenvalue weighted by atomic mass is 79.9. The van der Waals surface area contributed by atoms with E-state index in [9.17, 15) is 4.79 Å². The van der Waals surface area contributed by atoms with Gasteiger partial charge < -0.3 is 65.8 Å². The number of carbonyl (C=O) groups is 1. The Hall–Kier alpha value is -14.3. The van der Waals surface area contributed by atoms with Gasteiger partial charge in [-0.2, -0.15) is 15.3 Å². The largest absolute Gasteiger partial charge is 0.494 e. The van der Waals surface area contributed by atoms with Crippen molar-refractivity contribution in [3.63, 3.8) is 0 Å². The molecule has 31 nitrogen and oxygen atoms in total. The van der Waals surface area contributed by atoms with Gasteiger partial charge in [-0.1, -0.05) is 60.0 Å². The Morgan fingerprint density at radius 1 is 0.555 bits per heavy atom. The molecule has 0 saturated carbocycles. The molecule has 17 aromatic rings. The molecule has 0 atom stereocenters. The summed E-state index contributed by atoms with van der Waals surface area (Å²) in [6.07, 6.45) is 33.2. The number of piperazine rings is 1. The molecule has 34 heteroatoms. The molecule has 137 heavy (non-hydrogen) atoms.